The largest absolute Gasteiger partial charge is 0.480 e. The van der Waals surface area contributed by atoms with Gasteiger partial charge in [0.25, 0.3) is 5.91 Å². The Morgan fingerprint density at radius 2 is 1.73 bits per heavy atom. The number of carboxylic acid groups (broad SMARTS) is 1. The number of carbonyl (C=O) groups excluding carboxylic acids is 3. The lowest BCUT2D eigenvalue weighted by Crippen LogP contribution is -2.43. The number of amides is 3. The number of nitrogens with one attached hydrogen (secondary N) is 3. The van der Waals surface area contributed by atoms with Crippen LogP contribution in [0.4, 0.5) is 5.69 Å². The number of anilines is 1. The van der Waals surface area contributed by atoms with Gasteiger partial charge >= 0.3 is 5.97 Å². The van der Waals surface area contributed by atoms with E-state index in [0.717, 1.165) is 25.7 Å². The Bertz CT molecular complexity index is 681. The van der Waals surface area contributed by atoms with Crippen LogP contribution < -0.4 is 16.0 Å². The lowest BCUT2D eigenvalue weighted by atomic mass is 10.1. The molecular weight excluding hydrogens is 338 g/mol. The molecular formula is C18H23N3O5. The fourth-order valence-corrected chi connectivity index (χ4v) is 2.80. The maximum Gasteiger partial charge on any atom is 0.322 e. The molecule has 0 spiro atoms. The van der Waals surface area contributed by atoms with Crippen LogP contribution in [0.3, 0.4) is 0 Å². The van der Waals surface area contributed by atoms with Gasteiger partial charge in [0, 0.05) is 17.2 Å². The number of rotatable bonds is 7. The molecule has 0 radical (unpaired) electrons. The van der Waals surface area contributed by atoms with E-state index in [2.05, 4.69) is 16.0 Å². The predicted molar refractivity (Wildman–Crippen MR) is 94.6 cm³/mol. The molecule has 1 unspecified atom stereocenters. The topological polar surface area (TPSA) is 125 Å². The summed E-state index contributed by atoms with van der Waals surface area (Å²) in [5.41, 5.74) is 0.763. The summed E-state index contributed by atoms with van der Waals surface area (Å²) in [5.74, 6) is -2.08. The summed E-state index contributed by atoms with van der Waals surface area (Å²) in [6.07, 6.45) is 3.83. The highest BCUT2D eigenvalue weighted by atomic mass is 16.4. The van der Waals surface area contributed by atoms with E-state index < -0.39 is 24.5 Å². The molecule has 1 aliphatic carbocycles. The van der Waals surface area contributed by atoms with Crippen LogP contribution in [0, 0.1) is 5.92 Å². The Morgan fingerprint density at radius 3 is 2.31 bits per heavy atom. The minimum atomic E-state index is -1.13. The highest BCUT2D eigenvalue weighted by Crippen LogP contribution is 2.24. The van der Waals surface area contributed by atoms with Gasteiger partial charge in [-0.1, -0.05) is 12.8 Å². The van der Waals surface area contributed by atoms with E-state index in [9.17, 15) is 19.2 Å². The van der Waals surface area contributed by atoms with E-state index in [1.54, 1.807) is 19.1 Å². The molecule has 0 saturated heterocycles. The Kier molecular flexibility index (Phi) is 6.71. The smallest absolute Gasteiger partial charge is 0.322 e. The Balaban J connectivity index is 1.85. The van der Waals surface area contributed by atoms with Gasteiger partial charge in [0.15, 0.2) is 0 Å². The van der Waals surface area contributed by atoms with Crippen molar-refractivity contribution in [2.45, 2.75) is 38.6 Å². The van der Waals surface area contributed by atoms with Crippen molar-refractivity contribution in [1.29, 1.82) is 0 Å². The highest BCUT2D eigenvalue weighted by molar-refractivity contribution is 5.99. The maximum absolute atomic E-state index is 12.2. The average Bonchev–Trinajstić information content (AvgIpc) is 3.15. The fraction of sp³-hybridized carbons (Fsp3) is 0.444. The van der Waals surface area contributed by atoms with Crippen molar-refractivity contribution in [3.63, 3.8) is 0 Å². The van der Waals surface area contributed by atoms with Gasteiger partial charge in [0.05, 0.1) is 0 Å². The molecule has 1 aliphatic rings. The van der Waals surface area contributed by atoms with Crippen LogP contribution in [0.25, 0.3) is 0 Å². The van der Waals surface area contributed by atoms with E-state index >= 15 is 0 Å². The molecule has 26 heavy (non-hydrogen) atoms. The van der Waals surface area contributed by atoms with Crippen molar-refractivity contribution < 1.29 is 24.3 Å². The molecule has 0 aliphatic heterocycles. The van der Waals surface area contributed by atoms with Crippen LogP contribution in [0.1, 0.15) is 43.0 Å². The quantitative estimate of drug-likeness (QED) is 0.579. The number of aliphatic carboxylic acids is 1. The summed E-state index contributed by atoms with van der Waals surface area (Å²) in [7, 11) is 0. The molecule has 1 aromatic carbocycles. The molecule has 140 valence electrons. The van der Waals surface area contributed by atoms with Crippen LogP contribution in [0.15, 0.2) is 24.3 Å². The monoisotopic (exact) mass is 361 g/mol. The van der Waals surface area contributed by atoms with Gasteiger partial charge in [0.2, 0.25) is 11.8 Å². The van der Waals surface area contributed by atoms with Crippen molar-refractivity contribution in [2.75, 3.05) is 11.9 Å². The standard InChI is InChI=1S/C18H23N3O5/c1-11(20-18(26)12-4-2-3-5-12)16(24)21-14-8-6-13(7-9-14)17(25)19-10-15(22)23/h6-9,11-12H,2-5,10H2,1H3,(H,19,25)(H,20,26)(H,21,24)(H,22,23). The average molecular weight is 361 g/mol. The maximum atomic E-state index is 12.2. The fourth-order valence-electron chi connectivity index (χ4n) is 2.80. The van der Waals surface area contributed by atoms with Gasteiger partial charge in [-0.2, -0.15) is 0 Å². The van der Waals surface area contributed by atoms with E-state index in [1.165, 1.54) is 12.1 Å². The van der Waals surface area contributed by atoms with Gasteiger partial charge in [-0.05, 0) is 44.0 Å². The lowest BCUT2D eigenvalue weighted by Gasteiger charge is -2.17. The number of hydrogen-bond acceptors (Lipinski definition) is 4. The first-order chi connectivity index (χ1) is 12.4. The van der Waals surface area contributed by atoms with Crippen LogP contribution in [-0.2, 0) is 14.4 Å². The molecule has 2 rings (SSSR count). The van der Waals surface area contributed by atoms with Crippen molar-refractivity contribution in [3.05, 3.63) is 29.8 Å². The van der Waals surface area contributed by atoms with Crippen LogP contribution in [-0.4, -0.2) is 41.4 Å². The van der Waals surface area contributed by atoms with E-state index in [1.807, 2.05) is 0 Å². The molecule has 3 amide bonds. The lowest BCUT2D eigenvalue weighted by molar-refractivity contribution is -0.135. The SMILES string of the molecule is CC(NC(=O)C1CCCC1)C(=O)Nc1ccc(C(=O)NCC(=O)O)cc1. The zero-order valence-corrected chi connectivity index (χ0v) is 14.6. The first kappa shape index (κ1) is 19.4. The molecule has 1 atom stereocenters. The highest BCUT2D eigenvalue weighted by Gasteiger charge is 2.25. The van der Waals surface area contributed by atoms with Crippen molar-refractivity contribution in [1.82, 2.24) is 10.6 Å². The van der Waals surface area contributed by atoms with Gasteiger partial charge < -0.3 is 21.1 Å². The summed E-state index contributed by atoms with van der Waals surface area (Å²) >= 11 is 0. The van der Waals surface area contributed by atoms with Crippen LogP contribution in [0.5, 0.6) is 0 Å². The van der Waals surface area contributed by atoms with Crippen molar-refractivity contribution >= 4 is 29.4 Å². The zero-order valence-electron chi connectivity index (χ0n) is 14.6. The van der Waals surface area contributed by atoms with E-state index in [-0.39, 0.29) is 23.3 Å². The van der Waals surface area contributed by atoms with Gasteiger partial charge in [-0.15, -0.1) is 0 Å². The molecule has 1 aromatic rings. The molecule has 4 N–H and O–H groups in total. The summed E-state index contributed by atoms with van der Waals surface area (Å²) in [5, 5.41) is 16.2. The van der Waals surface area contributed by atoms with Gasteiger partial charge in [-0.3, -0.25) is 19.2 Å². The Labute approximate surface area is 151 Å². The number of carbonyl (C=O) groups is 4. The summed E-state index contributed by atoms with van der Waals surface area (Å²) in [4.78, 5) is 46.4. The van der Waals surface area contributed by atoms with Crippen LogP contribution >= 0.6 is 0 Å². The second-order valence-corrected chi connectivity index (χ2v) is 6.35. The predicted octanol–water partition coefficient (Wildman–Crippen LogP) is 1.13. The minimum absolute atomic E-state index is 0.00570. The van der Waals surface area contributed by atoms with E-state index in [0.29, 0.717) is 5.69 Å². The number of hydrogen-bond donors (Lipinski definition) is 4. The normalized spacial score (nSPS) is 15.1. The van der Waals surface area contributed by atoms with Gasteiger partial charge in [0.1, 0.15) is 12.6 Å². The molecule has 0 aromatic heterocycles. The first-order valence-corrected chi connectivity index (χ1v) is 8.58. The Hall–Kier alpha value is -2.90. The second kappa shape index (κ2) is 8.98. The molecule has 1 fully saturated rings. The third-order valence-corrected chi connectivity index (χ3v) is 4.29. The van der Waals surface area contributed by atoms with Crippen LogP contribution in [0.2, 0.25) is 0 Å². The third-order valence-electron chi connectivity index (χ3n) is 4.29. The van der Waals surface area contributed by atoms with Gasteiger partial charge in [-0.25, -0.2) is 0 Å². The third kappa shape index (κ3) is 5.58. The summed E-state index contributed by atoms with van der Waals surface area (Å²) < 4.78 is 0. The molecule has 8 heteroatoms. The molecule has 0 bridgehead atoms. The minimum Gasteiger partial charge on any atom is -0.480 e. The molecule has 1 saturated carbocycles. The number of carboxylic acids is 1. The summed E-state index contributed by atoms with van der Waals surface area (Å²) in [6, 6.07) is 5.38. The second-order valence-electron chi connectivity index (χ2n) is 6.35. The molecule has 0 heterocycles. The van der Waals surface area contributed by atoms with Crippen molar-refractivity contribution in [3.8, 4) is 0 Å². The summed E-state index contributed by atoms with van der Waals surface area (Å²) in [6.45, 7) is 1.16. The molecule has 8 nitrogen and oxygen atoms in total. The number of benzene rings is 1. The first-order valence-electron chi connectivity index (χ1n) is 8.58. The Morgan fingerprint density at radius 1 is 1.12 bits per heavy atom. The van der Waals surface area contributed by atoms with E-state index in [4.69, 9.17) is 5.11 Å². The zero-order chi connectivity index (χ0) is 19.1. The van der Waals surface area contributed by atoms with Crippen molar-refractivity contribution in [2.24, 2.45) is 5.92 Å².